The highest BCUT2D eigenvalue weighted by Gasteiger charge is 1.92. The minimum absolute atomic E-state index is 0.358. The highest BCUT2D eigenvalue weighted by atomic mass is 16.1. The van der Waals surface area contributed by atoms with E-state index in [0.29, 0.717) is 5.57 Å². The predicted octanol–water partition coefficient (Wildman–Crippen LogP) is 0.994. The molecule has 9 heavy (non-hydrogen) atoms. The van der Waals surface area contributed by atoms with Crippen molar-refractivity contribution < 1.29 is 4.79 Å². The van der Waals surface area contributed by atoms with Gasteiger partial charge in [0.05, 0.1) is 0 Å². The van der Waals surface area contributed by atoms with Crippen molar-refractivity contribution in [2.24, 2.45) is 5.73 Å². The summed E-state index contributed by atoms with van der Waals surface area (Å²) < 4.78 is 0. The van der Waals surface area contributed by atoms with Gasteiger partial charge in [-0.3, -0.25) is 4.79 Å². The van der Waals surface area contributed by atoms with Crippen LogP contribution < -0.4 is 5.73 Å². The van der Waals surface area contributed by atoms with E-state index in [4.69, 9.17) is 5.73 Å². The van der Waals surface area contributed by atoms with Gasteiger partial charge in [-0.05, 0) is 6.42 Å². The van der Waals surface area contributed by atoms with E-state index in [1.807, 2.05) is 13.0 Å². The summed E-state index contributed by atoms with van der Waals surface area (Å²) in [5, 5.41) is 0. The van der Waals surface area contributed by atoms with Crippen LogP contribution in [-0.2, 0) is 4.79 Å². The largest absolute Gasteiger partial charge is 0.366 e. The van der Waals surface area contributed by atoms with Crippen LogP contribution in [-0.4, -0.2) is 5.91 Å². The molecule has 0 heterocycles. The van der Waals surface area contributed by atoms with Crippen LogP contribution in [0.5, 0.6) is 0 Å². The van der Waals surface area contributed by atoms with Gasteiger partial charge < -0.3 is 5.73 Å². The fraction of sp³-hybridized carbons (Fsp3) is 0.286. The SMILES string of the molecule is C=C(/C=C\CC)C(N)=O. The Labute approximate surface area is 55.1 Å². The molecule has 0 bridgehead atoms. The number of allylic oxidation sites excluding steroid dienone is 1. The first-order valence-electron chi connectivity index (χ1n) is 2.83. The average molecular weight is 125 g/mol. The molecule has 0 saturated carbocycles. The number of carbonyl (C=O) groups is 1. The smallest absolute Gasteiger partial charge is 0.248 e. The zero-order valence-electron chi connectivity index (χ0n) is 5.55. The molecule has 0 saturated heterocycles. The van der Waals surface area contributed by atoms with Gasteiger partial charge >= 0.3 is 0 Å². The van der Waals surface area contributed by atoms with Crippen molar-refractivity contribution in [1.82, 2.24) is 0 Å². The second kappa shape index (κ2) is 3.89. The Kier molecular flexibility index (Phi) is 3.44. The van der Waals surface area contributed by atoms with Gasteiger partial charge in [0.1, 0.15) is 0 Å². The molecule has 0 aliphatic rings. The number of hydrogen-bond donors (Lipinski definition) is 1. The molecule has 2 nitrogen and oxygen atoms in total. The quantitative estimate of drug-likeness (QED) is 0.443. The van der Waals surface area contributed by atoms with Crippen LogP contribution in [0.3, 0.4) is 0 Å². The molecule has 50 valence electrons. The lowest BCUT2D eigenvalue weighted by atomic mass is 10.2. The number of rotatable bonds is 3. The Morgan fingerprint density at radius 2 is 2.33 bits per heavy atom. The van der Waals surface area contributed by atoms with Crippen LogP contribution in [0.1, 0.15) is 13.3 Å². The van der Waals surface area contributed by atoms with Crippen LogP contribution in [0.15, 0.2) is 24.3 Å². The van der Waals surface area contributed by atoms with Gasteiger partial charge in [0.15, 0.2) is 0 Å². The molecule has 0 rings (SSSR count). The van der Waals surface area contributed by atoms with E-state index in [0.717, 1.165) is 6.42 Å². The molecule has 2 heteroatoms. The average Bonchev–Trinajstić information content (AvgIpc) is 1.82. The number of primary amides is 1. The van der Waals surface area contributed by atoms with E-state index in [1.165, 1.54) is 0 Å². The van der Waals surface area contributed by atoms with Gasteiger partial charge in [0.25, 0.3) is 0 Å². The second-order valence-corrected chi connectivity index (χ2v) is 1.70. The maximum Gasteiger partial charge on any atom is 0.248 e. The van der Waals surface area contributed by atoms with E-state index >= 15 is 0 Å². The van der Waals surface area contributed by atoms with Crippen molar-refractivity contribution in [2.75, 3.05) is 0 Å². The third-order valence-electron chi connectivity index (χ3n) is 0.871. The van der Waals surface area contributed by atoms with Gasteiger partial charge in [-0.15, -0.1) is 0 Å². The van der Waals surface area contributed by atoms with Crippen molar-refractivity contribution in [3.63, 3.8) is 0 Å². The van der Waals surface area contributed by atoms with Crippen molar-refractivity contribution >= 4 is 5.91 Å². The summed E-state index contributed by atoms with van der Waals surface area (Å²) in [5.41, 5.74) is 5.25. The maximum absolute atomic E-state index is 10.3. The Morgan fingerprint density at radius 1 is 1.78 bits per heavy atom. The molecule has 0 aromatic heterocycles. The van der Waals surface area contributed by atoms with Crippen molar-refractivity contribution in [3.05, 3.63) is 24.3 Å². The molecular weight excluding hydrogens is 114 g/mol. The Morgan fingerprint density at radius 3 is 2.67 bits per heavy atom. The number of amides is 1. The normalized spacial score (nSPS) is 9.89. The zero-order valence-corrected chi connectivity index (χ0v) is 5.55. The third kappa shape index (κ3) is 3.53. The molecule has 0 aromatic carbocycles. The van der Waals surface area contributed by atoms with E-state index in [-0.39, 0.29) is 0 Å². The van der Waals surface area contributed by atoms with Crippen molar-refractivity contribution in [1.29, 1.82) is 0 Å². The topological polar surface area (TPSA) is 43.1 Å². The van der Waals surface area contributed by atoms with Crippen LogP contribution in [0.25, 0.3) is 0 Å². The van der Waals surface area contributed by atoms with Crippen LogP contribution >= 0.6 is 0 Å². The summed E-state index contributed by atoms with van der Waals surface area (Å²) in [6.45, 7) is 5.41. The van der Waals surface area contributed by atoms with Crippen molar-refractivity contribution in [2.45, 2.75) is 13.3 Å². The predicted molar refractivity (Wildman–Crippen MR) is 37.8 cm³/mol. The highest BCUT2D eigenvalue weighted by Crippen LogP contribution is 1.91. The first-order chi connectivity index (χ1) is 4.18. The minimum Gasteiger partial charge on any atom is -0.366 e. The fourth-order valence-corrected chi connectivity index (χ4v) is 0.342. The van der Waals surface area contributed by atoms with Gasteiger partial charge in [0.2, 0.25) is 5.91 Å². The number of nitrogens with two attached hydrogens (primary N) is 1. The lowest BCUT2D eigenvalue weighted by molar-refractivity contribution is -0.114. The highest BCUT2D eigenvalue weighted by molar-refractivity contribution is 5.93. The van der Waals surface area contributed by atoms with E-state index < -0.39 is 5.91 Å². The first kappa shape index (κ1) is 7.95. The fourth-order valence-electron chi connectivity index (χ4n) is 0.342. The standard InChI is InChI=1S/C7H11NO/c1-3-4-5-6(2)7(8)9/h4-5H,2-3H2,1H3,(H2,8,9)/b5-4-. The molecule has 0 unspecified atom stereocenters. The lowest BCUT2D eigenvalue weighted by Gasteiger charge is -1.87. The lowest BCUT2D eigenvalue weighted by Crippen LogP contribution is -2.11. The van der Waals surface area contributed by atoms with Gasteiger partial charge in [-0.1, -0.05) is 25.7 Å². The van der Waals surface area contributed by atoms with E-state index in [9.17, 15) is 4.79 Å². The van der Waals surface area contributed by atoms with Gasteiger partial charge in [-0.25, -0.2) is 0 Å². The molecular formula is C7H11NO. The summed E-state index contributed by atoms with van der Waals surface area (Å²) in [4.78, 5) is 10.3. The zero-order chi connectivity index (χ0) is 7.28. The van der Waals surface area contributed by atoms with E-state index in [1.54, 1.807) is 6.08 Å². The summed E-state index contributed by atoms with van der Waals surface area (Å²) in [6, 6.07) is 0. The monoisotopic (exact) mass is 125 g/mol. The summed E-state index contributed by atoms with van der Waals surface area (Å²) in [7, 11) is 0. The molecule has 0 fully saturated rings. The Hall–Kier alpha value is -1.05. The first-order valence-corrected chi connectivity index (χ1v) is 2.83. The van der Waals surface area contributed by atoms with Gasteiger partial charge in [0, 0.05) is 5.57 Å². The summed E-state index contributed by atoms with van der Waals surface area (Å²) in [5.74, 6) is -0.459. The molecule has 0 aliphatic heterocycles. The van der Waals surface area contributed by atoms with Gasteiger partial charge in [-0.2, -0.15) is 0 Å². The molecule has 0 radical (unpaired) electrons. The van der Waals surface area contributed by atoms with Crippen molar-refractivity contribution in [3.8, 4) is 0 Å². The molecule has 0 atom stereocenters. The minimum atomic E-state index is -0.459. The molecule has 1 amide bonds. The molecule has 2 N–H and O–H groups in total. The summed E-state index contributed by atoms with van der Waals surface area (Å²) >= 11 is 0. The molecule has 0 aromatic rings. The maximum atomic E-state index is 10.3. The Bertz CT molecular complexity index is 147. The third-order valence-corrected chi connectivity index (χ3v) is 0.871. The number of carbonyl (C=O) groups excluding carboxylic acids is 1. The second-order valence-electron chi connectivity index (χ2n) is 1.70. The summed E-state index contributed by atoms with van der Waals surface area (Å²) in [6.07, 6.45) is 4.36. The van der Waals surface area contributed by atoms with E-state index in [2.05, 4.69) is 6.58 Å². The van der Waals surface area contributed by atoms with Crippen LogP contribution in [0, 0.1) is 0 Å². The number of hydrogen-bond acceptors (Lipinski definition) is 1. The molecule has 0 spiro atoms. The van der Waals surface area contributed by atoms with Crippen LogP contribution in [0.4, 0.5) is 0 Å². The molecule has 0 aliphatic carbocycles. The Balaban J connectivity index is 3.77. The van der Waals surface area contributed by atoms with Crippen LogP contribution in [0.2, 0.25) is 0 Å².